The summed E-state index contributed by atoms with van der Waals surface area (Å²) in [5, 5.41) is 0. The van der Waals surface area contributed by atoms with E-state index in [2.05, 4.69) is 32.9 Å². The van der Waals surface area contributed by atoms with Gasteiger partial charge in [-0.2, -0.15) is 0 Å². The molecule has 2 heteroatoms. The van der Waals surface area contributed by atoms with Gasteiger partial charge in [-0.15, -0.1) is 0 Å². The number of hydrogen-bond acceptors (Lipinski definition) is 2. The Kier molecular flexibility index (Phi) is 3.20. The highest BCUT2D eigenvalue weighted by molar-refractivity contribution is 5.27. The first kappa shape index (κ1) is 11.5. The standard InChI is InChI=1S/C14H20O2/c1-11-5-4-6-12(9-11)15-10-13-7-8-14(2,3)16-13/h4-6,9,13H,7-8,10H2,1-3H3/t13-/m0/s1. The first-order chi connectivity index (χ1) is 7.55. The van der Waals surface area contributed by atoms with Crippen molar-refractivity contribution in [3.8, 4) is 5.75 Å². The van der Waals surface area contributed by atoms with Crippen LogP contribution in [0.4, 0.5) is 0 Å². The predicted molar refractivity (Wildman–Crippen MR) is 64.9 cm³/mol. The Labute approximate surface area is 97.6 Å². The Balaban J connectivity index is 1.84. The highest BCUT2D eigenvalue weighted by atomic mass is 16.6. The average molecular weight is 220 g/mol. The van der Waals surface area contributed by atoms with Crippen LogP contribution in [0.2, 0.25) is 0 Å². The third-order valence-corrected chi connectivity index (χ3v) is 2.98. The van der Waals surface area contributed by atoms with Gasteiger partial charge >= 0.3 is 0 Å². The summed E-state index contributed by atoms with van der Waals surface area (Å²) in [7, 11) is 0. The van der Waals surface area contributed by atoms with Crippen LogP contribution in [-0.2, 0) is 4.74 Å². The number of hydrogen-bond donors (Lipinski definition) is 0. The van der Waals surface area contributed by atoms with Crippen molar-refractivity contribution in [2.45, 2.75) is 45.3 Å². The van der Waals surface area contributed by atoms with Gasteiger partial charge < -0.3 is 9.47 Å². The molecule has 0 spiro atoms. The van der Waals surface area contributed by atoms with Gasteiger partial charge in [0.25, 0.3) is 0 Å². The monoisotopic (exact) mass is 220 g/mol. The van der Waals surface area contributed by atoms with Crippen LogP contribution in [0, 0.1) is 6.92 Å². The highest BCUT2D eigenvalue weighted by Crippen LogP contribution is 2.29. The molecule has 1 atom stereocenters. The molecule has 0 N–H and O–H groups in total. The zero-order valence-corrected chi connectivity index (χ0v) is 10.3. The molecule has 2 rings (SSSR count). The van der Waals surface area contributed by atoms with Gasteiger partial charge in [-0.1, -0.05) is 12.1 Å². The molecule has 88 valence electrons. The molecule has 1 aliphatic rings. The van der Waals surface area contributed by atoms with Crippen LogP contribution >= 0.6 is 0 Å². The Hall–Kier alpha value is -1.02. The fourth-order valence-corrected chi connectivity index (χ4v) is 2.09. The molecule has 0 aromatic heterocycles. The third-order valence-electron chi connectivity index (χ3n) is 2.98. The first-order valence-corrected chi connectivity index (χ1v) is 5.92. The van der Waals surface area contributed by atoms with Gasteiger partial charge in [-0.05, 0) is 51.3 Å². The minimum atomic E-state index is 0.0284. The largest absolute Gasteiger partial charge is 0.491 e. The van der Waals surface area contributed by atoms with Gasteiger partial charge in [0.05, 0.1) is 11.7 Å². The number of aryl methyl sites for hydroxylation is 1. The molecule has 1 aromatic carbocycles. The molecule has 1 saturated heterocycles. The molecule has 0 saturated carbocycles. The molecular weight excluding hydrogens is 200 g/mol. The molecule has 1 heterocycles. The van der Waals surface area contributed by atoms with Crippen molar-refractivity contribution in [3.05, 3.63) is 29.8 Å². The molecule has 0 radical (unpaired) electrons. The fraction of sp³-hybridized carbons (Fsp3) is 0.571. The summed E-state index contributed by atoms with van der Waals surface area (Å²) in [6.07, 6.45) is 2.46. The topological polar surface area (TPSA) is 18.5 Å². The minimum Gasteiger partial charge on any atom is -0.491 e. The first-order valence-electron chi connectivity index (χ1n) is 5.92. The Morgan fingerprint density at radius 1 is 1.44 bits per heavy atom. The van der Waals surface area contributed by atoms with E-state index in [1.807, 2.05) is 12.1 Å². The van der Waals surface area contributed by atoms with Crippen molar-refractivity contribution < 1.29 is 9.47 Å². The minimum absolute atomic E-state index is 0.0284. The van der Waals surface area contributed by atoms with E-state index in [4.69, 9.17) is 9.47 Å². The second kappa shape index (κ2) is 4.46. The SMILES string of the molecule is Cc1cccc(OC[C@@H]2CCC(C)(C)O2)c1. The van der Waals surface area contributed by atoms with E-state index in [0.29, 0.717) is 6.61 Å². The van der Waals surface area contributed by atoms with Gasteiger partial charge in [-0.3, -0.25) is 0 Å². The summed E-state index contributed by atoms with van der Waals surface area (Å²) in [6, 6.07) is 8.14. The van der Waals surface area contributed by atoms with Gasteiger partial charge in [0, 0.05) is 0 Å². The Bertz CT molecular complexity index is 358. The normalized spacial score (nSPS) is 23.3. The summed E-state index contributed by atoms with van der Waals surface area (Å²) in [5.41, 5.74) is 1.26. The van der Waals surface area contributed by atoms with Gasteiger partial charge in [0.2, 0.25) is 0 Å². The predicted octanol–water partition coefficient (Wildman–Crippen LogP) is 3.33. The van der Waals surface area contributed by atoms with Crippen LogP contribution in [0.3, 0.4) is 0 Å². The van der Waals surface area contributed by atoms with Gasteiger partial charge in [0.15, 0.2) is 0 Å². The lowest BCUT2D eigenvalue weighted by Gasteiger charge is -2.19. The van der Waals surface area contributed by atoms with Gasteiger partial charge in [-0.25, -0.2) is 0 Å². The van der Waals surface area contributed by atoms with Crippen LogP contribution in [0.1, 0.15) is 32.3 Å². The van der Waals surface area contributed by atoms with E-state index in [9.17, 15) is 0 Å². The molecule has 0 aliphatic carbocycles. The van der Waals surface area contributed by atoms with Crippen LogP contribution in [0.15, 0.2) is 24.3 Å². The molecule has 0 bridgehead atoms. The molecule has 0 unspecified atom stereocenters. The molecule has 16 heavy (non-hydrogen) atoms. The molecule has 2 nitrogen and oxygen atoms in total. The van der Waals surface area contributed by atoms with Crippen molar-refractivity contribution in [1.29, 1.82) is 0 Å². The van der Waals surface area contributed by atoms with Crippen molar-refractivity contribution >= 4 is 0 Å². The van der Waals surface area contributed by atoms with Crippen molar-refractivity contribution in [2.75, 3.05) is 6.61 Å². The summed E-state index contributed by atoms with van der Waals surface area (Å²) in [6.45, 7) is 7.01. The lowest BCUT2D eigenvalue weighted by Crippen LogP contribution is -2.23. The van der Waals surface area contributed by atoms with E-state index in [1.54, 1.807) is 0 Å². The zero-order valence-electron chi connectivity index (χ0n) is 10.3. The molecular formula is C14H20O2. The quantitative estimate of drug-likeness (QED) is 0.778. The summed E-state index contributed by atoms with van der Waals surface area (Å²) < 4.78 is 11.6. The second-order valence-electron chi connectivity index (χ2n) is 5.17. The molecule has 0 amide bonds. The average Bonchev–Trinajstić information content (AvgIpc) is 2.56. The second-order valence-corrected chi connectivity index (χ2v) is 5.17. The molecule has 1 aromatic rings. The highest BCUT2D eigenvalue weighted by Gasteiger charge is 2.31. The van der Waals surface area contributed by atoms with E-state index in [0.717, 1.165) is 18.6 Å². The van der Waals surface area contributed by atoms with E-state index in [-0.39, 0.29) is 11.7 Å². The van der Waals surface area contributed by atoms with E-state index < -0.39 is 0 Å². The summed E-state index contributed by atoms with van der Waals surface area (Å²) in [5.74, 6) is 0.938. The number of ether oxygens (including phenoxy) is 2. The summed E-state index contributed by atoms with van der Waals surface area (Å²) in [4.78, 5) is 0. The maximum absolute atomic E-state index is 5.88. The smallest absolute Gasteiger partial charge is 0.119 e. The lowest BCUT2D eigenvalue weighted by atomic mass is 10.1. The number of rotatable bonds is 3. The lowest BCUT2D eigenvalue weighted by molar-refractivity contribution is -0.0326. The zero-order chi connectivity index (χ0) is 11.6. The summed E-state index contributed by atoms with van der Waals surface area (Å²) >= 11 is 0. The third kappa shape index (κ3) is 2.99. The Morgan fingerprint density at radius 2 is 2.25 bits per heavy atom. The van der Waals surface area contributed by atoms with Crippen LogP contribution in [0.25, 0.3) is 0 Å². The van der Waals surface area contributed by atoms with Gasteiger partial charge in [0.1, 0.15) is 12.4 Å². The van der Waals surface area contributed by atoms with Crippen molar-refractivity contribution in [2.24, 2.45) is 0 Å². The Morgan fingerprint density at radius 3 is 2.88 bits per heavy atom. The maximum atomic E-state index is 5.88. The maximum Gasteiger partial charge on any atom is 0.119 e. The van der Waals surface area contributed by atoms with Crippen molar-refractivity contribution in [1.82, 2.24) is 0 Å². The fourth-order valence-electron chi connectivity index (χ4n) is 2.09. The van der Waals surface area contributed by atoms with E-state index >= 15 is 0 Å². The number of benzene rings is 1. The molecule has 1 aliphatic heterocycles. The van der Waals surface area contributed by atoms with Crippen LogP contribution in [-0.4, -0.2) is 18.3 Å². The van der Waals surface area contributed by atoms with Crippen LogP contribution < -0.4 is 4.74 Å². The molecule has 1 fully saturated rings. The van der Waals surface area contributed by atoms with Crippen LogP contribution in [0.5, 0.6) is 5.75 Å². The van der Waals surface area contributed by atoms with E-state index in [1.165, 1.54) is 5.56 Å². The van der Waals surface area contributed by atoms with Crippen molar-refractivity contribution in [3.63, 3.8) is 0 Å².